The van der Waals surface area contributed by atoms with E-state index in [1.54, 1.807) is 0 Å². The van der Waals surface area contributed by atoms with Crippen LogP contribution in [0.3, 0.4) is 0 Å². The zero-order valence-electron chi connectivity index (χ0n) is 7.79. The van der Waals surface area contributed by atoms with Crippen LogP contribution in [-0.2, 0) is 0 Å². The van der Waals surface area contributed by atoms with Gasteiger partial charge >= 0.3 is 12.5 Å². The van der Waals surface area contributed by atoms with Gasteiger partial charge in [-0.3, -0.25) is 4.79 Å². The number of hydrogen-bond donors (Lipinski definition) is 1. The van der Waals surface area contributed by atoms with E-state index in [1.165, 1.54) is 0 Å². The number of amides is 1. The Morgan fingerprint density at radius 1 is 1.25 bits per heavy atom. The van der Waals surface area contributed by atoms with E-state index in [0.717, 1.165) is 24.3 Å². The van der Waals surface area contributed by atoms with E-state index < -0.39 is 24.2 Å². The molecule has 0 fully saturated rings. The Morgan fingerprint density at radius 3 is 2.12 bits per heavy atom. The Morgan fingerprint density at radius 2 is 1.75 bits per heavy atom. The van der Waals surface area contributed by atoms with Crippen molar-refractivity contribution in [3.63, 3.8) is 0 Å². The summed E-state index contributed by atoms with van der Waals surface area (Å²) in [5.41, 5.74) is 4.95. The fraction of sp³-hybridized carbons (Fsp3) is 0.222. The predicted molar refractivity (Wildman–Crippen MR) is 46.5 cm³/mol. The number of benzene rings is 1. The van der Waals surface area contributed by atoms with Crippen molar-refractivity contribution in [3.8, 4) is 5.75 Å². The van der Waals surface area contributed by atoms with E-state index in [9.17, 15) is 22.4 Å². The van der Waals surface area contributed by atoms with E-state index >= 15 is 0 Å². The topological polar surface area (TPSA) is 52.3 Å². The van der Waals surface area contributed by atoms with Crippen LogP contribution in [0.15, 0.2) is 24.3 Å². The minimum Gasteiger partial charge on any atom is -0.428 e. The zero-order chi connectivity index (χ0) is 12.3. The molecule has 0 unspecified atom stereocenters. The zero-order valence-corrected chi connectivity index (χ0v) is 7.79. The molecule has 16 heavy (non-hydrogen) atoms. The van der Waals surface area contributed by atoms with Crippen molar-refractivity contribution in [3.05, 3.63) is 29.8 Å². The van der Waals surface area contributed by atoms with Gasteiger partial charge in [0.1, 0.15) is 5.75 Å². The summed E-state index contributed by atoms with van der Waals surface area (Å²) in [5.74, 6) is -1.23. The maximum atomic E-state index is 12.4. The van der Waals surface area contributed by atoms with E-state index in [0.29, 0.717) is 0 Å². The molecule has 0 saturated heterocycles. The molecule has 2 N–H and O–H groups in total. The van der Waals surface area contributed by atoms with Crippen LogP contribution >= 0.6 is 0 Å². The average Bonchev–Trinajstić information content (AvgIpc) is 2.17. The lowest BCUT2D eigenvalue weighted by molar-refractivity contribution is -0.253. The Kier molecular flexibility index (Phi) is 3.36. The third-order valence-electron chi connectivity index (χ3n) is 1.65. The number of primary amides is 1. The highest BCUT2D eigenvalue weighted by molar-refractivity contribution is 5.92. The highest BCUT2D eigenvalue weighted by atomic mass is 19.3. The van der Waals surface area contributed by atoms with Gasteiger partial charge in [0.2, 0.25) is 5.91 Å². The Hall–Kier alpha value is -1.79. The molecule has 3 nitrogen and oxygen atoms in total. The first-order valence-corrected chi connectivity index (χ1v) is 4.08. The molecule has 1 aromatic carbocycles. The second-order valence-electron chi connectivity index (χ2n) is 2.85. The van der Waals surface area contributed by atoms with Gasteiger partial charge in [-0.05, 0) is 24.3 Å². The van der Waals surface area contributed by atoms with Crippen molar-refractivity contribution < 1.29 is 27.1 Å². The number of carbonyl (C=O) groups is 1. The highest BCUT2D eigenvalue weighted by Crippen LogP contribution is 2.27. The molecule has 0 aliphatic rings. The summed E-state index contributed by atoms with van der Waals surface area (Å²) < 4.78 is 52.1. The molecule has 88 valence electrons. The van der Waals surface area contributed by atoms with Gasteiger partial charge in [0, 0.05) is 5.56 Å². The van der Waals surface area contributed by atoms with Gasteiger partial charge < -0.3 is 10.5 Å². The fourth-order valence-corrected chi connectivity index (χ4v) is 0.889. The molecule has 1 rings (SSSR count). The van der Waals surface area contributed by atoms with Crippen molar-refractivity contribution in [2.24, 2.45) is 5.73 Å². The van der Waals surface area contributed by atoms with Crippen LogP contribution in [0.1, 0.15) is 10.4 Å². The molecule has 0 bridgehead atoms. The Balaban J connectivity index is 2.80. The fourth-order valence-electron chi connectivity index (χ4n) is 0.889. The van der Waals surface area contributed by atoms with Gasteiger partial charge in [0.15, 0.2) is 0 Å². The minimum atomic E-state index is -4.56. The summed E-state index contributed by atoms with van der Waals surface area (Å²) in [6, 6.07) is 4.10. The maximum absolute atomic E-state index is 12.4. The first-order chi connectivity index (χ1) is 7.33. The molecular formula is C9H7F4NO2. The average molecular weight is 237 g/mol. The molecule has 0 heterocycles. The number of ether oxygens (including phenoxy) is 1. The number of nitrogens with two attached hydrogens (primary N) is 1. The first-order valence-electron chi connectivity index (χ1n) is 4.08. The van der Waals surface area contributed by atoms with E-state index in [1.807, 2.05) is 0 Å². The number of alkyl halides is 4. The molecule has 0 radical (unpaired) electrons. The summed E-state index contributed by atoms with van der Waals surface area (Å²) in [6.45, 7) is 0. The summed E-state index contributed by atoms with van der Waals surface area (Å²) >= 11 is 0. The molecule has 0 aliphatic carbocycles. The van der Waals surface area contributed by atoms with E-state index in [2.05, 4.69) is 4.74 Å². The van der Waals surface area contributed by atoms with Crippen molar-refractivity contribution in [1.29, 1.82) is 0 Å². The van der Waals surface area contributed by atoms with Gasteiger partial charge in [0.25, 0.3) is 0 Å². The highest BCUT2D eigenvalue weighted by Gasteiger charge is 2.43. The van der Waals surface area contributed by atoms with Gasteiger partial charge in [-0.25, -0.2) is 0 Å². The number of hydrogen-bond acceptors (Lipinski definition) is 2. The lowest BCUT2D eigenvalue weighted by Crippen LogP contribution is -2.33. The van der Waals surface area contributed by atoms with Crippen LogP contribution in [0.5, 0.6) is 5.75 Å². The van der Waals surface area contributed by atoms with Crippen molar-refractivity contribution in [1.82, 2.24) is 0 Å². The van der Waals surface area contributed by atoms with Crippen LogP contribution in [0.25, 0.3) is 0 Å². The molecular weight excluding hydrogens is 230 g/mol. The first kappa shape index (κ1) is 12.3. The largest absolute Gasteiger partial charge is 0.461 e. The minimum absolute atomic E-state index is 0.0627. The molecule has 1 amide bonds. The molecule has 0 saturated carbocycles. The summed E-state index contributed by atoms with van der Waals surface area (Å²) in [5, 5.41) is 0. The van der Waals surface area contributed by atoms with Crippen LogP contribution in [0, 0.1) is 0 Å². The normalized spacial score (nSPS) is 11.6. The summed E-state index contributed by atoms with van der Waals surface area (Å²) in [7, 11) is 0. The third-order valence-corrected chi connectivity index (χ3v) is 1.65. The SMILES string of the molecule is NC(=O)c1ccc(OC(F)(F)C(F)F)cc1. The van der Waals surface area contributed by atoms with Gasteiger partial charge in [-0.2, -0.15) is 17.6 Å². The molecule has 7 heteroatoms. The predicted octanol–water partition coefficient (Wildman–Crippen LogP) is 2.02. The van der Waals surface area contributed by atoms with Crippen LogP contribution < -0.4 is 10.5 Å². The lowest BCUT2D eigenvalue weighted by Gasteiger charge is -2.16. The summed E-state index contributed by atoms with van der Waals surface area (Å²) in [4.78, 5) is 10.6. The van der Waals surface area contributed by atoms with Crippen LogP contribution in [0.2, 0.25) is 0 Å². The standard InChI is InChI=1S/C9H7F4NO2/c10-8(11)9(12,13)16-6-3-1-5(2-4-6)7(14)15/h1-4,8H,(H2,14,15). The molecule has 0 aliphatic heterocycles. The monoisotopic (exact) mass is 237 g/mol. The third kappa shape index (κ3) is 2.85. The van der Waals surface area contributed by atoms with Gasteiger partial charge in [-0.1, -0.05) is 0 Å². The maximum Gasteiger partial charge on any atom is 0.461 e. The second kappa shape index (κ2) is 4.38. The van der Waals surface area contributed by atoms with Crippen molar-refractivity contribution in [2.75, 3.05) is 0 Å². The number of rotatable bonds is 4. The Labute approximate surface area is 87.8 Å². The summed E-state index contributed by atoms with van der Waals surface area (Å²) in [6.07, 6.45) is -8.49. The molecule has 0 spiro atoms. The van der Waals surface area contributed by atoms with Crippen LogP contribution in [-0.4, -0.2) is 18.4 Å². The van der Waals surface area contributed by atoms with Crippen molar-refractivity contribution in [2.45, 2.75) is 12.5 Å². The number of halogens is 4. The Bertz CT molecular complexity index is 378. The van der Waals surface area contributed by atoms with Crippen LogP contribution in [0.4, 0.5) is 17.6 Å². The van der Waals surface area contributed by atoms with Crippen molar-refractivity contribution >= 4 is 5.91 Å². The quantitative estimate of drug-likeness (QED) is 0.814. The molecule has 1 aromatic rings. The van der Waals surface area contributed by atoms with E-state index in [4.69, 9.17) is 5.73 Å². The van der Waals surface area contributed by atoms with E-state index in [-0.39, 0.29) is 5.56 Å². The smallest absolute Gasteiger partial charge is 0.428 e. The molecule has 0 aromatic heterocycles. The lowest BCUT2D eigenvalue weighted by atomic mass is 10.2. The molecule has 0 atom stereocenters. The van der Waals surface area contributed by atoms with Gasteiger partial charge in [0.05, 0.1) is 0 Å². The second-order valence-corrected chi connectivity index (χ2v) is 2.85. The van der Waals surface area contributed by atoms with Gasteiger partial charge in [-0.15, -0.1) is 0 Å². The number of carbonyl (C=O) groups excluding carboxylic acids is 1.